The number of carbonyl (C=O) groups excluding carboxylic acids is 2. The van der Waals surface area contributed by atoms with E-state index in [0.717, 1.165) is 24.4 Å². The molecule has 7 nitrogen and oxygen atoms in total. The van der Waals surface area contributed by atoms with Gasteiger partial charge in [-0.05, 0) is 19.3 Å². The quantitative estimate of drug-likeness (QED) is 0.758. The Morgan fingerprint density at radius 1 is 1.33 bits per heavy atom. The fourth-order valence-corrected chi connectivity index (χ4v) is 3.37. The van der Waals surface area contributed by atoms with Crippen LogP contribution < -0.4 is 16.4 Å². The summed E-state index contributed by atoms with van der Waals surface area (Å²) in [5, 5.41) is 6.82. The van der Waals surface area contributed by atoms with Gasteiger partial charge in [-0.25, -0.2) is 4.98 Å². The lowest BCUT2D eigenvalue weighted by Gasteiger charge is -2.15. The second-order valence-corrected chi connectivity index (χ2v) is 6.59. The predicted molar refractivity (Wildman–Crippen MR) is 81.3 cm³/mol. The number of nitrogens with one attached hydrogen (secondary N) is 2. The predicted octanol–water partition coefficient (Wildman–Crippen LogP) is 0.650. The van der Waals surface area contributed by atoms with Crippen LogP contribution in [0, 0.1) is 0 Å². The van der Waals surface area contributed by atoms with Crippen molar-refractivity contribution in [3.05, 3.63) is 4.88 Å². The summed E-state index contributed by atoms with van der Waals surface area (Å²) in [5.41, 5.74) is 5.86. The molecule has 0 aromatic carbocycles. The number of hydrogen-bond donors (Lipinski definition) is 3. The van der Waals surface area contributed by atoms with Crippen LogP contribution in [-0.2, 0) is 4.79 Å². The van der Waals surface area contributed by atoms with Crippen LogP contribution >= 0.6 is 11.3 Å². The summed E-state index contributed by atoms with van der Waals surface area (Å²) in [4.78, 5) is 30.0. The number of nitrogens with two attached hydrogens (primary N) is 1. The lowest BCUT2D eigenvalue weighted by molar-refractivity contribution is -0.119. The Morgan fingerprint density at radius 3 is 2.76 bits per heavy atom. The SMILES string of the molecule is CC(=O)NC1CCN(C(=O)c2sc(NC3CC3)nc2N)C1. The van der Waals surface area contributed by atoms with Gasteiger partial charge in [0.25, 0.3) is 5.91 Å². The van der Waals surface area contributed by atoms with Crippen molar-refractivity contribution in [2.24, 2.45) is 0 Å². The highest BCUT2D eigenvalue weighted by Gasteiger charge is 2.30. The Labute approximate surface area is 126 Å². The van der Waals surface area contributed by atoms with Crippen LogP contribution in [0.25, 0.3) is 0 Å². The van der Waals surface area contributed by atoms with Gasteiger partial charge in [-0.3, -0.25) is 9.59 Å². The molecule has 1 aromatic rings. The summed E-state index contributed by atoms with van der Waals surface area (Å²) < 4.78 is 0. The molecule has 2 heterocycles. The average molecular weight is 309 g/mol. The molecule has 2 aliphatic rings. The second kappa shape index (κ2) is 5.51. The van der Waals surface area contributed by atoms with Crippen molar-refractivity contribution >= 4 is 34.1 Å². The molecule has 0 radical (unpaired) electrons. The molecular formula is C13H19N5O2S. The highest BCUT2D eigenvalue weighted by molar-refractivity contribution is 7.18. The van der Waals surface area contributed by atoms with Crippen LogP contribution in [0.1, 0.15) is 35.9 Å². The normalized spacial score (nSPS) is 21.4. The highest BCUT2D eigenvalue weighted by atomic mass is 32.1. The fraction of sp³-hybridized carbons (Fsp3) is 0.615. The molecular weight excluding hydrogens is 290 g/mol. The van der Waals surface area contributed by atoms with Gasteiger partial charge in [0.15, 0.2) is 5.13 Å². The lowest BCUT2D eigenvalue weighted by Crippen LogP contribution is -2.37. The number of nitrogens with zero attached hydrogens (tertiary/aromatic N) is 2. The zero-order valence-corrected chi connectivity index (χ0v) is 12.7. The largest absolute Gasteiger partial charge is 0.382 e. The number of hydrogen-bond acceptors (Lipinski definition) is 6. The van der Waals surface area contributed by atoms with Gasteiger partial charge in [0.05, 0.1) is 0 Å². The minimum atomic E-state index is -0.0956. The minimum absolute atomic E-state index is 0.0321. The van der Waals surface area contributed by atoms with E-state index in [4.69, 9.17) is 5.73 Å². The van der Waals surface area contributed by atoms with E-state index in [1.807, 2.05) is 0 Å². The molecule has 0 bridgehead atoms. The molecule has 1 saturated carbocycles. The van der Waals surface area contributed by atoms with Gasteiger partial charge in [0, 0.05) is 32.1 Å². The monoisotopic (exact) mass is 309 g/mol. The van der Waals surface area contributed by atoms with Crippen molar-refractivity contribution in [2.75, 3.05) is 24.1 Å². The van der Waals surface area contributed by atoms with E-state index in [9.17, 15) is 9.59 Å². The summed E-state index contributed by atoms with van der Waals surface area (Å²) in [6, 6.07) is 0.513. The van der Waals surface area contributed by atoms with E-state index in [0.29, 0.717) is 24.0 Å². The average Bonchev–Trinajstić information content (AvgIpc) is 2.97. The van der Waals surface area contributed by atoms with Gasteiger partial charge < -0.3 is 21.3 Å². The molecule has 8 heteroatoms. The van der Waals surface area contributed by atoms with E-state index < -0.39 is 0 Å². The van der Waals surface area contributed by atoms with E-state index in [1.54, 1.807) is 4.90 Å². The number of nitrogen functional groups attached to an aromatic ring is 1. The van der Waals surface area contributed by atoms with Crippen LogP contribution in [0.4, 0.5) is 10.9 Å². The van der Waals surface area contributed by atoms with Crippen molar-refractivity contribution < 1.29 is 9.59 Å². The van der Waals surface area contributed by atoms with Gasteiger partial charge in [-0.15, -0.1) is 0 Å². The number of thiazole rings is 1. The van der Waals surface area contributed by atoms with E-state index in [1.165, 1.54) is 18.3 Å². The Bertz CT molecular complexity index is 569. The maximum Gasteiger partial charge on any atom is 0.267 e. The molecule has 21 heavy (non-hydrogen) atoms. The molecule has 1 aromatic heterocycles. The fourth-order valence-electron chi connectivity index (χ4n) is 2.44. The summed E-state index contributed by atoms with van der Waals surface area (Å²) in [6.07, 6.45) is 3.07. The molecule has 4 N–H and O–H groups in total. The summed E-state index contributed by atoms with van der Waals surface area (Å²) in [6.45, 7) is 2.65. The zero-order valence-electron chi connectivity index (χ0n) is 11.9. The van der Waals surface area contributed by atoms with Crippen molar-refractivity contribution in [1.29, 1.82) is 0 Å². The van der Waals surface area contributed by atoms with Crippen molar-refractivity contribution in [1.82, 2.24) is 15.2 Å². The molecule has 2 amide bonds. The molecule has 114 valence electrons. The standard InChI is InChI=1S/C13H19N5O2S/c1-7(19)15-9-4-5-18(6-9)12(20)10-11(14)17-13(21-10)16-8-2-3-8/h8-9H,2-6,14H2,1H3,(H,15,19)(H,16,17). The minimum Gasteiger partial charge on any atom is -0.382 e. The maximum absolute atomic E-state index is 12.5. The first-order valence-electron chi connectivity index (χ1n) is 7.12. The zero-order chi connectivity index (χ0) is 15.0. The van der Waals surface area contributed by atoms with E-state index in [2.05, 4.69) is 15.6 Å². The maximum atomic E-state index is 12.5. The van der Waals surface area contributed by atoms with Crippen LogP contribution in [0.15, 0.2) is 0 Å². The molecule has 1 aliphatic heterocycles. The van der Waals surface area contributed by atoms with Gasteiger partial charge in [0.1, 0.15) is 10.7 Å². The number of carbonyl (C=O) groups is 2. The smallest absolute Gasteiger partial charge is 0.267 e. The Balaban J connectivity index is 1.64. The van der Waals surface area contributed by atoms with Crippen LogP contribution in [0.5, 0.6) is 0 Å². The Kier molecular flexibility index (Phi) is 3.71. The van der Waals surface area contributed by atoms with Crippen molar-refractivity contribution in [2.45, 2.75) is 38.3 Å². The lowest BCUT2D eigenvalue weighted by atomic mass is 10.2. The third-order valence-corrected chi connectivity index (χ3v) is 4.63. The van der Waals surface area contributed by atoms with Crippen LogP contribution in [-0.4, -0.2) is 46.9 Å². The Morgan fingerprint density at radius 2 is 2.10 bits per heavy atom. The molecule has 0 spiro atoms. The molecule has 1 saturated heterocycles. The molecule has 1 unspecified atom stereocenters. The molecule has 2 fully saturated rings. The number of amides is 2. The van der Waals surface area contributed by atoms with Crippen LogP contribution in [0.3, 0.4) is 0 Å². The summed E-state index contributed by atoms with van der Waals surface area (Å²) >= 11 is 1.31. The van der Waals surface area contributed by atoms with Crippen molar-refractivity contribution in [3.8, 4) is 0 Å². The first-order valence-corrected chi connectivity index (χ1v) is 7.94. The summed E-state index contributed by atoms with van der Waals surface area (Å²) in [7, 11) is 0. The number of likely N-dealkylation sites (tertiary alicyclic amines) is 1. The number of aromatic nitrogens is 1. The van der Waals surface area contributed by atoms with Gasteiger partial charge >= 0.3 is 0 Å². The third-order valence-electron chi connectivity index (χ3n) is 3.64. The number of anilines is 2. The van der Waals surface area contributed by atoms with Gasteiger partial charge in [-0.2, -0.15) is 0 Å². The second-order valence-electron chi connectivity index (χ2n) is 5.59. The molecule has 1 aliphatic carbocycles. The Hall–Kier alpha value is -1.83. The molecule has 3 rings (SSSR count). The van der Waals surface area contributed by atoms with Crippen LogP contribution in [0.2, 0.25) is 0 Å². The topological polar surface area (TPSA) is 100 Å². The van der Waals surface area contributed by atoms with Crippen molar-refractivity contribution in [3.63, 3.8) is 0 Å². The third kappa shape index (κ3) is 3.26. The van der Waals surface area contributed by atoms with Gasteiger partial charge in [-0.1, -0.05) is 11.3 Å². The van der Waals surface area contributed by atoms with Gasteiger partial charge in [0.2, 0.25) is 5.91 Å². The summed E-state index contributed by atoms with van der Waals surface area (Å²) in [5.74, 6) is 0.125. The van der Waals surface area contributed by atoms with E-state index in [-0.39, 0.29) is 23.7 Å². The van der Waals surface area contributed by atoms with E-state index >= 15 is 0 Å². The molecule has 1 atom stereocenters. The number of rotatable bonds is 4. The highest BCUT2D eigenvalue weighted by Crippen LogP contribution is 2.31. The first-order chi connectivity index (χ1) is 10.0. The first kappa shape index (κ1) is 14.1.